The summed E-state index contributed by atoms with van der Waals surface area (Å²) < 4.78 is 37.2. The summed E-state index contributed by atoms with van der Waals surface area (Å²) in [7, 11) is 0. The number of fused-ring (bicyclic) bond motifs is 1. The molecule has 0 aliphatic carbocycles. The summed E-state index contributed by atoms with van der Waals surface area (Å²) in [6.45, 7) is 5.88. The first-order valence-corrected chi connectivity index (χ1v) is 9.72. The maximum atomic E-state index is 12.7. The number of anilines is 1. The number of carboxylic acids is 1. The Balaban J connectivity index is 0.000000298. The van der Waals surface area contributed by atoms with Gasteiger partial charge in [-0.15, -0.1) is 0 Å². The molecule has 1 aromatic rings. The normalized spacial score (nSPS) is 25.5. The molecule has 0 aromatic heterocycles. The van der Waals surface area contributed by atoms with Gasteiger partial charge in [0.25, 0.3) is 0 Å². The van der Waals surface area contributed by atoms with E-state index in [1.807, 2.05) is 35.2 Å². The van der Waals surface area contributed by atoms with Crippen molar-refractivity contribution in [1.29, 1.82) is 0 Å². The first-order chi connectivity index (χ1) is 13.8. The van der Waals surface area contributed by atoms with Crippen LogP contribution in [0.2, 0.25) is 0 Å². The zero-order chi connectivity index (χ0) is 21.0. The molecule has 1 amide bonds. The van der Waals surface area contributed by atoms with E-state index in [-0.39, 0.29) is 5.92 Å². The van der Waals surface area contributed by atoms with E-state index in [1.165, 1.54) is 12.8 Å². The maximum Gasteiger partial charge on any atom is 0.490 e. The van der Waals surface area contributed by atoms with Crippen LogP contribution in [0.1, 0.15) is 12.8 Å². The maximum absolute atomic E-state index is 12.7. The number of carbonyl (C=O) groups is 2. The van der Waals surface area contributed by atoms with Crippen LogP contribution in [-0.2, 0) is 14.3 Å². The molecule has 2 atom stereocenters. The molecule has 1 aromatic carbocycles. The predicted molar refractivity (Wildman–Crippen MR) is 99.4 cm³/mol. The lowest BCUT2D eigenvalue weighted by atomic mass is 10.00. The van der Waals surface area contributed by atoms with E-state index >= 15 is 0 Å². The van der Waals surface area contributed by atoms with Gasteiger partial charge in [-0.25, -0.2) is 4.79 Å². The molecule has 3 aliphatic rings. The van der Waals surface area contributed by atoms with Crippen molar-refractivity contribution in [1.82, 2.24) is 4.90 Å². The van der Waals surface area contributed by atoms with Crippen molar-refractivity contribution in [3.8, 4) is 0 Å². The van der Waals surface area contributed by atoms with Gasteiger partial charge < -0.3 is 19.6 Å². The molecule has 4 rings (SSSR count). The molecule has 0 bridgehead atoms. The molecule has 3 saturated heterocycles. The van der Waals surface area contributed by atoms with Crippen LogP contribution < -0.4 is 4.90 Å². The van der Waals surface area contributed by atoms with Gasteiger partial charge in [0.05, 0.1) is 5.92 Å². The van der Waals surface area contributed by atoms with Crippen molar-refractivity contribution in [2.75, 3.05) is 44.3 Å². The summed E-state index contributed by atoms with van der Waals surface area (Å²) in [6.07, 6.45) is -2.73. The Kier molecular flexibility index (Phi) is 6.79. The summed E-state index contributed by atoms with van der Waals surface area (Å²) in [5.41, 5.74) is 1.05. The minimum Gasteiger partial charge on any atom is -0.475 e. The van der Waals surface area contributed by atoms with Crippen LogP contribution in [0.5, 0.6) is 0 Å². The van der Waals surface area contributed by atoms with E-state index in [4.69, 9.17) is 14.6 Å². The molecule has 0 radical (unpaired) electrons. The monoisotopic (exact) mass is 414 g/mol. The Morgan fingerprint density at radius 2 is 1.72 bits per heavy atom. The van der Waals surface area contributed by atoms with Crippen LogP contribution in [0.25, 0.3) is 0 Å². The average molecular weight is 414 g/mol. The highest BCUT2D eigenvalue weighted by Crippen LogP contribution is 2.35. The lowest BCUT2D eigenvalue weighted by Crippen LogP contribution is -2.36. The Morgan fingerprint density at radius 1 is 1.10 bits per heavy atom. The molecule has 2 unspecified atom stereocenters. The summed E-state index contributed by atoms with van der Waals surface area (Å²) in [4.78, 5) is 26.1. The Hall–Kier alpha value is -2.13. The number of carbonyl (C=O) groups excluding carboxylic acids is 1. The number of hydrogen-bond acceptors (Lipinski definition) is 4. The van der Waals surface area contributed by atoms with Gasteiger partial charge in [0.1, 0.15) is 0 Å². The quantitative estimate of drug-likeness (QED) is 0.824. The third-order valence-corrected chi connectivity index (χ3v) is 5.68. The van der Waals surface area contributed by atoms with Gasteiger partial charge in [-0.05, 0) is 30.9 Å². The average Bonchev–Trinajstić information content (AvgIpc) is 3.22. The number of likely N-dealkylation sites (tertiary alicyclic amines) is 1. The van der Waals surface area contributed by atoms with Gasteiger partial charge >= 0.3 is 12.1 Å². The van der Waals surface area contributed by atoms with Crippen LogP contribution in [0.15, 0.2) is 30.3 Å². The Labute approximate surface area is 167 Å². The number of nitrogens with zero attached hydrogens (tertiary/aromatic N) is 2. The van der Waals surface area contributed by atoms with Crippen LogP contribution >= 0.6 is 0 Å². The number of halogens is 3. The van der Waals surface area contributed by atoms with E-state index in [1.54, 1.807) is 0 Å². The number of para-hydroxylation sites is 1. The van der Waals surface area contributed by atoms with Gasteiger partial charge in [-0.2, -0.15) is 13.2 Å². The first kappa shape index (κ1) is 21.6. The number of hydrogen-bond donors (Lipinski definition) is 1. The molecule has 3 aliphatic heterocycles. The Bertz CT molecular complexity index is 707. The van der Waals surface area contributed by atoms with Crippen molar-refractivity contribution < 1.29 is 32.6 Å². The molecular formula is C20H25F3N2O4. The van der Waals surface area contributed by atoms with Crippen molar-refractivity contribution in [2.45, 2.75) is 19.0 Å². The molecule has 0 spiro atoms. The first-order valence-electron chi connectivity index (χ1n) is 9.72. The zero-order valence-corrected chi connectivity index (χ0v) is 16.0. The van der Waals surface area contributed by atoms with E-state index in [2.05, 4.69) is 4.90 Å². The number of rotatable bonds is 3. The van der Waals surface area contributed by atoms with E-state index < -0.39 is 12.1 Å². The number of carboxylic acid groups (broad SMARTS) is 1. The molecule has 1 N–H and O–H groups in total. The summed E-state index contributed by atoms with van der Waals surface area (Å²) in [5, 5.41) is 7.12. The third-order valence-electron chi connectivity index (χ3n) is 5.68. The lowest BCUT2D eigenvalue weighted by Gasteiger charge is -2.28. The summed E-state index contributed by atoms with van der Waals surface area (Å²) in [6, 6.07) is 10.1. The minimum atomic E-state index is -5.08. The molecule has 29 heavy (non-hydrogen) atoms. The third kappa shape index (κ3) is 5.48. The van der Waals surface area contributed by atoms with Crippen LogP contribution in [0.4, 0.5) is 18.9 Å². The van der Waals surface area contributed by atoms with Crippen molar-refractivity contribution in [2.24, 2.45) is 17.8 Å². The molecule has 9 heteroatoms. The van der Waals surface area contributed by atoms with Crippen LogP contribution in [0, 0.1) is 17.8 Å². The largest absolute Gasteiger partial charge is 0.490 e. The second-order valence-electron chi connectivity index (χ2n) is 7.73. The molecule has 6 nitrogen and oxygen atoms in total. The van der Waals surface area contributed by atoms with Crippen molar-refractivity contribution in [3.63, 3.8) is 0 Å². The number of ether oxygens (including phenoxy) is 1. The van der Waals surface area contributed by atoms with Crippen LogP contribution in [-0.4, -0.2) is 67.5 Å². The number of alkyl halides is 3. The number of amides is 1. The fraction of sp³-hybridized carbons (Fsp3) is 0.600. The van der Waals surface area contributed by atoms with E-state index in [0.717, 1.165) is 51.0 Å². The summed E-state index contributed by atoms with van der Waals surface area (Å²) in [5.74, 6) is -0.960. The predicted octanol–water partition coefficient (Wildman–Crippen LogP) is 2.64. The Morgan fingerprint density at radius 3 is 2.28 bits per heavy atom. The number of aliphatic carboxylic acids is 1. The smallest absolute Gasteiger partial charge is 0.475 e. The summed E-state index contributed by atoms with van der Waals surface area (Å²) >= 11 is 0. The van der Waals surface area contributed by atoms with Crippen molar-refractivity contribution in [3.05, 3.63) is 30.3 Å². The van der Waals surface area contributed by atoms with Gasteiger partial charge in [-0.3, -0.25) is 4.79 Å². The molecule has 0 saturated carbocycles. The van der Waals surface area contributed by atoms with Gasteiger partial charge in [0, 0.05) is 51.0 Å². The highest BCUT2D eigenvalue weighted by molar-refractivity contribution is 5.98. The SMILES string of the molecule is O=C(O)C(F)(F)F.O=C1C2CN(CC3CCOCC3)CC2CN1c1ccccc1. The lowest BCUT2D eigenvalue weighted by molar-refractivity contribution is -0.192. The van der Waals surface area contributed by atoms with E-state index in [0.29, 0.717) is 11.8 Å². The second-order valence-corrected chi connectivity index (χ2v) is 7.73. The van der Waals surface area contributed by atoms with E-state index in [9.17, 15) is 18.0 Å². The molecular weight excluding hydrogens is 389 g/mol. The van der Waals surface area contributed by atoms with Gasteiger partial charge in [0.2, 0.25) is 5.91 Å². The minimum absolute atomic E-state index is 0.208. The van der Waals surface area contributed by atoms with Gasteiger partial charge in [-0.1, -0.05) is 18.2 Å². The fourth-order valence-corrected chi connectivity index (χ4v) is 4.23. The highest BCUT2D eigenvalue weighted by Gasteiger charge is 2.46. The highest BCUT2D eigenvalue weighted by atomic mass is 19.4. The topological polar surface area (TPSA) is 70.1 Å². The van der Waals surface area contributed by atoms with Crippen LogP contribution in [0.3, 0.4) is 0 Å². The fourth-order valence-electron chi connectivity index (χ4n) is 4.23. The molecule has 3 heterocycles. The standard InChI is InChI=1S/C18H24N2O2.C2HF3O2/c21-18-17-13-19(10-14-6-8-22-9-7-14)11-15(17)12-20(18)16-4-2-1-3-5-16;3-2(4,5)1(6)7/h1-5,14-15,17H,6-13H2;(H,6,7). The molecule has 160 valence electrons. The van der Waals surface area contributed by atoms with Gasteiger partial charge in [0.15, 0.2) is 0 Å². The number of benzene rings is 1. The van der Waals surface area contributed by atoms with Crippen molar-refractivity contribution >= 4 is 17.6 Å². The second kappa shape index (κ2) is 9.13. The zero-order valence-electron chi connectivity index (χ0n) is 16.0. The molecule has 3 fully saturated rings.